The molecule has 21 heavy (non-hydrogen) atoms. The molecule has 0 saturated heterocycles. The molecule has 2 nitrogen and oxygen atoms in total. The standard InChI is InChI=1S/C17H11F2NO/c18-14-8-6-12(9-15(14)19)17(21)10-13-7-5-11-3-1-2-4-16(11)20-13/h1-9H,10H2. The molecule has 0 atom stereocenters. The van der Waals surface area contributed by atoms with Crippen molar-refractivity contribution >= 4 is 16.7 Å². The van der Waals surface area contributed by atoms with Crippen LogP contribution in [0, 0.1) is 11.6 Å². The van der Waals surface area contributed by atoms with Gasteiger partial charge in [-0.25, -0.2) is 8.78 Å². The number of halogens is 2. The van der Waals surface area contributed by atoms with Gasteiger partial charge in [0.1, 0.15) is 0 Å². The number of hydrogen-bond donors (Lipinski definition) is 0. The summed E-state index contributed by atoms with van der Waals surface area (Å²) in [5.41, 5.74) is 1.54. The number of fused-ring (bicyclic) bond motifs is 1. The minimum Gasteiger partial charge on any atom is -0.294 e. The lowest BCUT2D eigenvalue weighted by molar-refractivity contribution is 0.0991. The Balaban J connectivity index is 1.87. The molecule has 0 amide bonds. The summed E-state index contributed by atoms with van der Waals surface area (Å²) < 4.78 is 26.0. The second-order valence-corrected chi connectivity index (χ2v) is 4.72. The Kier molecular flexibility index (Phi) is 3.44. The van der Waals surface area contributed by atoms with Crippen molar-refractivity contribution in [3.63, 3.8) is 0 Å². The van der Waals surface area contributed by atoms with E-state index in [0.717, 1.165) is 23.0 Å². The summed E-state index contributed by atoms with van der Waals surface area (Å²) in [4.78, 5) is 16.5. The molecule has 0 radical (unpaired) electrons. The highest BCUT2D eigenvalue weighted by Crippen LogP contribution is 2.15. The van der Waals surface area contributed by atoms with Gasteiger partial charge in [0, 0.05) is 16.6 Å². The Morgan fingerprint density at radius 3 is 2.57 bits per heavy atom. The number of hydrogen-bond acceptors (Lipinski definition) is 2. The van der Waals surface area contributed by atoms with E-state index in [9.17, 15) is 13.6 Å². The molecule has 0 saturated carbocycles. The number of rotatable bonds is 3. The van der Waals surface area contributed by atoms with Crippen LogP contribution in [0.1, 0.15) is 16.1 Å². The van der Waals surface area contributed by atoms with Crippen molar-refractivity contribution in [2.24, 2.45) is 0 Å². The maximum atomic E-state index is 13.1. The molecule has 104 valence electrons. The van der Waals surface area contributed by atoms with Crippen LogP contribution in [-0.4, -0.2) is 10.8 Å². The van der Waals surface area contributed by atoms with Crippen LogP contribution >= 0.6 is 0 Å². The maximum Gasteiger partial charge on any atom is 0.168 e. The fraction of sp³-hybridized carbons (Fsp3) is 0.0588. The van der Waals surface area contributed by atoms with Crippen molar-refractivity contribution in [2.75, 3.05) is 0 Å². The number of pyridine rings is 1. The molecule has 0 N–H and O–H groups in total. The number of carbonyl (C=O) groups excluding carboxylic acids is 1. The first kappa shape index (κ1) is 13.4. The Morgan fingerprint density at radius 1 is 0.952 bits per heavy atom. The maximum absolute atomic E-state index is 13.1. The summed E-state index contributed by atoms with van der Waals surface area (Å²) in [6, 6.07) is 14.4. The lowest BCUT2D eigenvalue weighted by Crippen LogP contribution is -2.06. The topological polar surface area (TPSA) is 30.0 Å². The Hall–Kier alpha value is -2.62. The number of benzene rings is 2. The molecular formula is C17H11F2NO. The highest BCUT2D eigenvalue weighted by molar-refractivity contribution is 5.97. The van der Waals surface area contributed by atoms with Crippen LogP contribution < -0.4 is 0 Å². The third kappa shape index (κ3) is 2.79. The largest absolute Gasteiger partial charge is 0.294 e. The van der Waals surface area contributed by atoms with Gasteiger partial charge in [-0.1, -0.05) is 24.3 Å². The molecule has 0 aliphatic carbocycles. The van der Waals surface area contributed by atoms with Gasteiger partial charge in [0.05, 0.1) is 11.9 Å². The predicted molar refractivity (Wildman–Crippen MR) is 76.1 cm³/mol. The second kappa shape index (κ2) is 5.40. The summed E-state index contributed by atoms with van der Waals surface area (Å²) >= 11 is 0. The van der Waals surface area contributed by atoms with Crippen LogP contribution in [0.4, 0.5) is 8.78 Å². The summed E-state index contributed by atoms with van der Waals surface area (Å²) in [5, 5.41) is 0.988. The number of para-hydroxylation sites is 1. The lowest BCUT2D eigenvalue weighted by Gasteiger charge is -2.03. The Labute approximate surface area is 120 Å². The molecule has 0 bridgehead atoms. The van der Waals surface area contributed by atoms with E-state index in [4.69, 9.17) is 0 Å². The fourth-order valence-corrected chi connectivity index (χ4v) is 2.14. The zero-order chi connectivity index (χ0) is 14.8. The van der Waals surface area contributed by atoms with E-state index >= 15 is 0 Å². The van der Waals surface area contributed by atoms with Crippen LogP contribution in [-0.2, 0) is 6.42 Å². The SMILES string of the molecule is O=C(Cc1ccc2ccccc2n1)c1ccc(F)c(F)c1. The van der Waals surface area contributed by atoms with E-state index in [1.807, 2.05) is 30.3 Å². The van der Waals surface area contributed by atoms with Crippen LogP contribution in [0.3, 0.4) is 0 Å². The van der Waals surface area contributed by atoms with Gasteiger partial charge in [0.15, 0.2) is 17.4 Å². The van der Waals surface area contributed by atoms with Gasteiger partial charge < -0.3 is 0 Å². The zero-order valence-corrected chi connectivity index (χ0v) is 11.0. The van der Waals surface area contributed by atoms with E-state index in [1.54, 1.807) is 6.07 Å². The van der Waals surface area contributed by atoms with E-state index in [-0.39, 0.29) is 17.8 Å². The average molecular weight is 283 g/mol. The van der Waals surface area contributed by atoms with Crippen molar-refractivity contribution in [3.05, 3.63) is 77.5 Å². The predicted octanol–water partition coefficient (Wildman–Crippen LogP) is 3.94. The van der Waals surface area contributed by atoms with Crippen molar-refractivity contribution in [1.29, 1.82) is 0 Å². The van der Waals surface area contributed by atoms with Crippen molar-refractivity contribution in [1.82, 2.24) is 4.98 Å². The lowest BCUT2D eigenvalue weighted by atomic mass is 10.1. The quantitative estimate of drug-likeness (QED) is 0.681. The highest BCUT2D eigenvalue weighted by atomic mass is 19.2. The molecule has 3 aromatic rings. The van der Waals surface area contributed by atoms with Crippen LogP contribution in [0.25, 0.3) is 10.9 Å². The third-order valence-electron chi connectivity index (χ3n) is 3.24. The van der Waals surface area contributed by atoms with Gasteiger partial charge in [-0.3, -0.25) is 9.78 Å². The molecule has 1 aromatic heterocycles. The molecule has 1 heterocycles. The van der Waals surface area contributed by atoms with E-state index < -0.39 is 11.6 Å². The van der Waals surface area contributed by atoms with Crippen molar-refractivity contribution in [3.8, 4) is 0 Å². The van der Waals surface area contributed by atoms with Gasteiger partial charge in [0.25, 0.3) is 0 Å². The zero-order valence-electron chi connectivity index (χ0n) is 11.0. The molecule has 3 rings (SSSR count). The first-order chi connectivity index (χ1) is 10.1. The number of carbonyl (C=O) groups is 1. The van der Waals surface area contributed by atoms with Gasteiger partial charge in [0.2, 0.25) is 0 Å². The third-order valence-corrected chi connectivity index (χ3v) is 3.24. The molecule has 0 unspecified atom stereocenters. The van der Waals surface area contributed by atoms with Crippen LogP contribution in [0.15, 0.2) is 54.6 Å². The molecule has 4 heteroatoms. The summed E-state index contributed by atoms with van der Waals surface area (Å²) in [6.07, 6.45) is 0.0515. The first-order valence-corrected chi connectivity index (χ1v) is 6.46. The van der Waals surface area contributed by atoms with Gasteiger partial charge in [-0.2, -0.15) is 0 Å². The number of ketones is 1. The fourth-order valence-electron chi connectivity index (χ4n) is 2.14. The van der Waals surface area contributed by atoms with Gasteiger partial charge in [-0.15, -0.1) is 0 Å². The van der Waals surface area contributed by atoms with Crippen LogP contribution in [0.5, 0.6) is 0 Å². The van der Waals surface area contributed by atoms with E-state index in [1.165, 1.54) is 6.07 Å². The molecule has 0 spiro atoms. The highest BCUT2D eigenvalue weighted by Gasteiger charge is 2.11. The average Bonchev–Trinajstić information content (AvgIpc) is 2.50. The molecule has 0 aliphatic rings. The first-order valence-electron chi connectivity index (χ1n) is 6.46. The molecule has 2 aromatic carbocycles. The van der Waals surface area contributed by atoms with Gasteiger partial charge in [-0.05, 0) is 30.3 Å². The second-order valence-electron chi connectivity index (χ2n) is 4.72. The number of aromatic nitrogens is 1. The van der Waals surface area contributed by atoms with Crippen LogP contribution in [0.2, 0.25) is 0 Å². The minimum absolute atomic E-state index is 0.0515. The smallest absolute Gasteiger partial charge is 0.168 e. The van der Waals surface area contributed by atoms with Crippen molar-refractivity contribution in [2.45, 2.75) is 6.42 Å². The number of Topliss-reactive ketones (excluding diaryl/α,β-unsaturated/α-hetero) is 1. The molecular weight excluding hydrogens is 272 g/mol. The van der Waals surface area contributed by atoms with E-state index in [0.29, 0.717) is 5.69 Å². The van der Waals surface area contributed by atoms with Crippen molar-refractivity contribution < 1.29 is 13.6 Å². The Bertz CT molecular complexity index is 830. The normalized spacial score (nSPS) is 10.8. The number of nitrogens with zero attached hydrogens (tertiary/aromatic N) is 1. The minimum atomic E-state index is -1.02. The van der Waals surface area contributed by atoms with Gasteiger partial charge >= 0.3 is 0 Å². The Morgan fingerprint density at radius 2 is 1.76 bits per heavy atom. The summed E-state index contributed by atoms with van der Waals surface area (Å²) in [5.74, 6) is -2.28. The summed E-state index contributed by atoms with van der Waals surface area (Å²) in [7, 11) is 0. The molecule has 0 aliphatic heterocycles. The summed E-state index contributed by atoms with van der Waals surface area (Å²) in [6.45, 7) is 0. The monoisotopic (exact) mass is 283 g/mol. The molecule has 0 fully saturated rings. The van der Waals surface area contributed by atoms with E-state index in [2.05, 4.69) is 4.98 Å².